The van der Waals surface area contributed by atoms with E-state index < -0.39 is 0 Å². The van der Waals surface area contributed by atoms with Crippen LogP contribution in [-0.4, -0.2) is 24.9 Å². The molecule has 0 atom stereocenters. The fraction of sp³-hybridized carbons (Fsp3) is 0. The van der Waals surface area contributed by atoms with Crippen LogP contribution in [0.4, 0.5) is 0 Å². The summed E-state index contributed by atoms with van der Waals surface area (Å²) in [5.41, 5.74) is 9.41. The molecule has 4 aromatic heterocycles. The van der Waals surface area contributed by atoms with E-state index in [0.717, 1.165) is 60.8 Å². The third-order valence-electron chi connectivity index (χ3n) is 9.66. The summed E-state index contributed by atoms with van der Waals surface area (Å²) in [6.07, 6.45) is 3.57. The second-order valence-electron chi connectivity index (χ2n) is 12.8. The average molecular weight is 682 g/mol. The lowest BCUT2D eigenvalue weighted by molar-refractivity contribution is 0.660. The molecule has 248 valence electrons. The SMILES string of the molecule is O=c1c2ccccc2oc2cc(-c3ccccc3-c3ccc(-c4nc(-c5ccccc5)nc(-c5ccnc6c5ccc5cccnc56)n4)cc3)ccc12. The molecule has 0 unspecified atom stereocenters. The molecule has 0 aliphatic rings. The normalized spacial score (nSPS) is 11.5. The number of benzene rings is 6. The Balaban J connectivity index is 1.07. The van der Waals surface area contributed by atoms with Gasteiger partial charge in [-0.25, -0.2) is 15.0 Å². The first-order valence-corrected chi connectivity index (χ1v) is 17.3. The fourth-order valence-electron chi connectivity index (χ4n) is 7.04. The van der Waals surface area contributed by atoms with Crippen molar-refractivity contribution in [1.82, 2.24) is 24.9 Å². The predicted molar refractivity (Wildman–Crippen MR) is 211 cm³/mol. The van der Waals surface area contributed by atoms with Crippen molar-refractivity contribution < 1.29 is 4.42 Å². The summed E-state index contributed by atoms with van der Waals surface area (Å²) in [6, 6.07) is 49.7. The molecule has 0 radical (unpaired) electrons. The fourth-order valence-corrected chi connectivity index (χ4v) is 7.04. The van der Waals surface area contributed by atoms with E-state index in [9.17, 15) is 4.79 Å². The number of aromatic nitrogens is 5. The zero-order valence-corrected chi connectivity index (χ0v) is 28.1. The Morgan fingerprint density at radius 3 is 1.85 bits per heavy atom. The molecule has 0 amide bonds. The Labute approximate surface area is 303 Å². The number of para-hydroxylation sites is 1. The van der Waals surface area contributed by atoms with Crippen LogP contribution in [0.5, 0.6) is 0 Å². The lowest BCUT2D eigenvalue weighted by Crippen LogP contribution is -2.01. The minimum atomic E-state index is -0.0307. The summed E-state index contributed by atoms with van der Waals surface area (Å²) < 4.78 is 6.20. The van der Waals surface area contributed by atoms with Gasteiger partial charge in [-0.15, -0.1) is 0 Å². The van der Waals surface area contributed by atoms with Gasteiger partial charge in [-0.1, -0.05) is 115 Å². The molecule has 0 saturated carbocycles. The Bertz CT molecular complexity index is 3090. The minimum absolute atomic E-state index is 0.0307. The molecule has 0 aliphatic heterocycles. The highest BCUT2D eigenvalue weighted by Crippen LogP contribution is 2.36. The summed E-state index contributed by atoms with van der Waals surface area (Å²) in [7, 11) is 0. The molecule has 10 aromatic rings. The van der Waals surface area contributed by atoms with Crippen LogP contribution < -0.4 is 5.43 Å². The van der Waals surface area contributed by atoms with Crippen LogP contribution in [0, 0.1) is 0 Å². The number of fused-ring (bicyclic) bond motifs is 5. The molecule has 7 heteroatoms. The Morgan fingerprint density at radius 1 is 0.396 bits per heavy atom. The summed E-state index contributed by atoms with van der Waals surface area (Å²) in [4.78, 5) is 37.5. The van der Waals surface area contributed by atoms with Crippen molar-refractivity contribution >= 4 is 43.7 Å². The van der Waals surface area contributed by atoms with Crippen LogP contribution in [0.15, 0.2) is 173 Å². The van der Waals surface area contributed by atoms with Gasteiger partial charge in [-0.3, -0.25) is 14.8 Å². The second-order valence-corrected chi connectivity index (χ2v) is 12.8. The van der Waals surface area contributed by atoms with E-state index >= 15 is 0 Å². The Hall–Kier alpha value is -7.38. The van der Waals surface area contributed by atoms with Crippen molar-refractivity contribution in [1.29, 1.82) is 0 Å². The van der Waals surface area contributed by atoms with Crippen molar-refractivity contribution in [3.63, 3.8) is 0 Å². The van der Waals surface area contributed by atoms with Crippen LogP contribution in [0.3, 0.4) is 0 Å². The van der Waals surface area contributed by atoms with Crippen molar-refractivity contribution in [2.24, 2.45) is 0 Å². The molecule has 0 aliphatic carbocycles. The highest BCUT2D eigenvalue weighted by atomic mass is 16.3. The third kappa shape index (κ3) is 5.30. The molecular weight excluding hydrogens is 655 g/mol. The first kappa shape index (κ1) is 30.4. The van der Waals surface area contributed by atoms with E-state index in [4.69, 9.17) is 24.4 Å². The van der Waals surface area contributed by atoms with Crippen molar-refractivity contribution in [3.05, 3.63) is 174 Å². The van der Waals surface area contributed by atoms with Gasteiger partial charge in [-0.05, 0) is 58.7 Å². The predicted octanol–water partition coefficient (Wildman–Crippen LogP) is 10.6. The molecular formula is C46H27N5O2. The summed E-state index contributed by atoms with van der Waals surface area (Å²) in [6.45, 7) is 0. The first-order chi connectivity index (χ1) is 26.2. The first-order valence-electron chi connectivity index (χ1n) is 17.3. The van der Waals surface area contributed by atoms with Gasteiger partial charge >= 0.3 is 0 Å². The van der Waals surface area contributed by atoms with Gasteiger partial charge in [0.2, 0.25) is 5.43 Å². The lowest BCUT2D eigenvalue weighted by atomic mass is 9.93. The zero-order chi connectivity index (χ0) is 35.3. The maximum atomic E-state index is 13.2. The highest BCUT2D eigenvalue weighted by Gasteiger charge is 2.17. The van der Waals surface area contributed by atoms with Gasteiger partial charge in [0, 0.05) is 39.9 Å². The molecule has 0 N–H and O–H groups in total. The van der Waals surface area contributed by atoms with Crippen LogP contribution in [-0.2, 0) is 0 Å². The maximum Gasteiger partial charge on any atom is 0.200 e. The molecule has 6 aromatic carbocycles. The van der Waals surface area contributed by atoms with Crippen LogP contribution in [0.2, 0.25) is 0 Å². The molecule has 0 fully saturated rings. The molecule has 0 spiro atoms. The summed E-state index contributed by atoms with van der Waals surface area (Å²) in [5.74, 6) is 1.70. The van der Waals surface area contributed by atoms with Crippen LogP contribution in [0.1, 0.15) is 0 Å². The van der Waals surface area contributed by atoms with Gasteiger partial charge in [0.15, 0.2) is 17.5 Å². The van der Waals surface area contributed by atoms with E-state index in [-0.39, 0.29) is 5.43 Å². The maximum absolute atomic E-state index is 13.2. The van der Waals surface area contributed by atoms with Crippen LogP contribution in [0.25, 0.3) is 100 Å². The zero-order valence-electron chi connectivity index (χ0n) is 28.1. The molecule has 7 nitrogen and oxygen atoms in total. The number of hydrogen-bond donors (Lipinski definition) is 0. The van der Waals surface area contributed by atoms with Gasteiger partial charge in [0.25, 0.3) is 0 Å². The number of pyridine rings is 2. The minimum Gasteiger partial charge on any atom is -0.456 e. The number of nitrogens with zero attached hydrogens (tertiary/aromatic N) is 5. The molecule has 10 rings (SSSR count). The van der Waals surface area contributed by atoms with Gasteiger partial charge in [0.1, 0.15) is 11.2 Å². The monoisotopic (exact) mass is 681 g/mol. The molecule has 0 bridgehead atoms. The van der Waals surface area contributed by atoms with E-state index in [1.54, 1.807) is 18.5 Å². The number of hydrogen-bond acceptors (Lipinski definition) is 7. The van der Waals surface area contributed by atoms with Crippen LogP contribution >= 0.6 is 0 Å². The second kappa shape index (κ2) is 12.4. The van der Waals surface area contributed by atoms with Gasteiger partial charge < -0.3 is 4.42 Å². The van der Waals surface area contributed by atoms with Crippen molar-refractivity contribution in [2.45, 2.75) is 0 Å². The van der Waals surface area contributed by atoms with E-state index in [1.807, 2.05) is 109 Å². The summed E-state index contributed by atoms with van der Waals surface area (Å²) >= 11 is 0. The lowest BCUT2D eigenvalue weighted by Gasteiger charge is -2.13. The highest BCUT2D eigenvalue weighted by molar-refractivity contribution is 6.07. The quantitative estimate of drug-likeness (QED) is 0.132. The summed E-state index contributed by atoms with van der Waals surface area (Å²) in [5, 5.41) is 3.08. The van der Waals surface area contributed by atoms with Gasteiger partial charge in [0.05, 0.1) is 21.8 Å². The van der Waals surface area contributed by atoms with E-state index in [1.165, 1.54) is 0 Å². The standard InChI is InChI=1S/C46H27N5O2/c52-43-37-14-6-7-15-39(37)53-40-27-32(21-23-38(40)43)34-13-5-4-12-33(34)28-16-18-31(19-17-28)45-49-44(30-9-2-1-3-10-30)50-46(51-45)36-24-26-48-42-35(36)22-20-29-11-8-25-47-41(29)42/h1-27H. The molecule has 53 heavy (non-hydrogen) atoms. The average Bonchev–Trinajstić information content (AvgIpc) is 3.23. The largest absolute Gasteiger partial charge is 0.456 e. The third-order valence-corrected chi connectivity index (χ3v) is 9.66. The van der Waals surface area contributed by atoms with E-state index in [2.05, 4.69) is 41.4 Å². The molecule has 0 saturated heterocycles. The Kier molecular flexibility index (Phi) is 7.14. The van der Waals surface area contributed by atoms with Gasteiger partial charge in [-0.2, -0.15) is 0 Å². The smallest absolute Gasteiger partial charge is 0.200 e. The topological polar surface area (TPSA) is 94.7 Å². The Morgan fingerprint density at radius 2 is 1.02 bits per heavy atom. The van der Waals surface area contributed by atoms with Crippen molar-refractivity contribution in [2.75, 3.05) is 0 Å². The van der Waals surface area contributed by atoms with E-state index in [0.29, 0.717) is 39.4 Å². The molecule has 4 heterocycles. The number of rotatable bonds is 5. The van der Waals surface area contributed by atoms with Crippen molar-refractivity contribution in [3.8, 4) is 56.4 Å².